The van der Waals surface area contributed by atoms with Crippen LogP contribution in [0.2, 0.25) is 0 Å². The Morgan fingerprint density at radius 1 is 1.19 bits per heavy atom. The average Bonchev–Trinajstić information content (AvgIpc) is 3.14. The minimum absolute atomic E-state index is 0.0246. The fraction of sp³-hybridized carbons (Fsp3) is 0.333. The third kappa shape index (κ3) is 5.72. The molecule has 3 rings (SSSR count). The number of nitrogens with two attached hydrogens (primary N) is 1. The van der Waals surface area contributed by atoms with Crippen molar-refractivity contribution in [1.29, 1.82) is 5.41 Å². The molecule has 1 aliphatic rings. The highest BCUT2D eigenvalue weighted by Crippen LogP contribution is 2.28. The molecule has 1 fully saturated rings. The van der Waals surface area contributed by atoms with Gasteiger partial charge in [-0.05, 0) is 43.2 Å². The number of nitrogens with one attached hydrogen (secondary N) is 2. The zero-order valence-electron chi connectivity index (χ0n) is 18.0. The molecule has 2 aromatic carbocycles. The van der Waals surface area contributed by atoms with Gasteiger partial charge in [-0.25, -0.2) is 0 Å². The van der Waals surface area contributed by atoms with E-state index in [-0.39, 0.29) is 37.1 Å². The summed E-state index contributed by atoms with van der Waals surface area (Å²) in [5, 5.41) is 10.4. The van der Waals surface area contributed by atoms with Crippen LogP contribution >= 0.6 is 0 Å². The Bertz CT molecular complexity index is 975. The van der Waals surface area contributed by atoms with Gasteiger partial charge >= 0.3 is 5.97 Å². The van der Waals surface area contributed by atoms with Crippen LogP contribution in [-0.2, 0) is 19.1 Å². The highest BCUT2D eigenvalue weighted by atomic mass is 16.5. The Morgan fingerprint density at radius 2 is 1.88 bits per heavy atom. The SMILES string of the molecule is CCOC(=O)CC(NC(=O)CC1CCN(c2ccc(C(=N)N)cc2)C1=O)c1ccccc1. The number of hydrogen-bond acceptors (Lipinski definition) is 5. The van der Waals surface area contributed by atoms with Crippen molar-refractivity contribution in [3.63, 3.8) is 0 Å². The molecule has 1 heterocycles. The Kier molecular flexibility index (Phi) is 7.59. The van der Waals surface area contributed by atoms with Gasteiger partial charge in [0.2, 0.25) is 11.8 Å². The van der Waals surface area contributed by atoms with Gasteiger partial charge in [0.25, 0.3) is 0 Å². The van der Waals surface area contributed by atoms with Gasteiger partial charge in [-0.1, -0.05) is 30.3 Å². The fourth-order valence-electron chi connectivity index (χ4n) is 3.81. The molecule has 32 heavy (non-hydrogen) atoms. The number of rotatable bonds is 9. The lowest BCUT2D eigenvalue weighted by Crippen LogP contribution is -2.34. The molecule has 8 nitrogen and oxygen atoms in total. The molecule has 0 spiro atoms. The number of anilines is 1. The van der Waals surface area contributed by atoms with Crippen molar-refractivity contribution in [2.24, 2.45) is 11.7 Å². The smallest absolute Gasteiger partial charge is 0.308 e. The summed E-state index contributed by atoms with van der Waals surface area (Å²) in [5.74, 6) is -1.25. The van der Waals surface area contributed by atoms with Crippen molar-refractivity contribution < 1.29 is 19.1 Å². The standard InChI is InChI=1S/C24H28N4O4/c1-2-32-22(30)15-20(16-6-4-3-5-7-16)27-21(29)14-18-12-13-28(24(18)31)19-10-8-17(9-11-19)23(25)26/h3-11,18,20H,2,12-15H2,1H3,(H3,25,26)(H,27,29). The predicted octanol–water partition coefficient (Wildman–Crippen LogP) is 2.52. The molecule has 4 N–H and O–H groups in total. The van der Waals surface area contributed by atoms with Crippen molar-refractivity contribution >= 4 is 29.3 Å². The zero-order chi connectivity index (χ0) is 23.1. The highest BCUT2D eigenvalue weighted by molar-refractivity contribution is 6.00. The largest absolute Gasteiger partial charge is 0.466 e. The number of nitrogens with zero attached hydrogens (tertiary/aromatic N) is 1. The van der Waals surface area contributed by atoms with Gasteiger partial charge in [-0.15, -0.1) is 0 Å². The second kappa shape index (κ2) is 10.6. The van der Waals surface area contributed by atoms with Gasteiger partial charge in [0.05, 0.1) is 19.1 Å². The molecule has 2 aromatic rings. The molecule has 1 saturated heterocycles. The highest BCUT2D eigenvalue weighted by Gasteiger charge is 2.34. The maximum Gasteiger partial charge on any atom is 0.308 e. The minimum Gasteiger partial charge on any atom is -0.466 e. The van der Waals surface area contributed by atoms with E-state index in [1.165, 1.54) is 0 Å². The lowest BCUT2D eigenvalue weighted by atomic mass is 10.0. The summed E-state index contributed by atoms with van der Waals surface area (Å²) in [6, 6.07) is 15.6. The molecule has 168 valence electrons. The Labute approximate surface area is 187 Å². The molecule has 8 heteroatoms. The van der Waals surface area contributed by atoms with Crippen LogP contribution in [0.15, 0.2) is 54.6 Å². The normalized spacial score (nSPS) is 16.5. The van der Waals surface area contributed by atoms with E-state index in [2.05, 4.69) is 5.32 Å². The molecule has 0 radical (unpaired) electrons. The molecule has 1 aliphatic heterocycles. The molecule has 2 amide bonds. The van der Waals surface area contributed by atoms with Gasteiger partial charge in [-0.3, -0.25) is 19.8 Å². The summed E-state index contributed by atoms with van der Waals surface area (Å²) in [4.78, 5) is 39.3. The second-order valence-electron chi connectivity index (χ2n) is 7.68. The Morgan fingerprint density at radius 3 is 2.50 bits per heavy atom. The van der Waals surface area contributed by atoms with E-state index in [0.29, 0.717) is 24.2 Å². The van der Waals surface area contributed by atoms with Crippen LogP contribution in [0.4, 0.5) is 5.69 Å². The van der Waals surface area contributed by atoms with Crippen LogP contribution in [0.1, 0.15) is 43.4 Å². The van der Waals surface area contributed by atoms with Gasteiger partial charge in [-0.2, -0.15) is 0 Å². The van der Waals surface area contributed by atoms with Crippen molar-refractivity contribution in [3.8, 4) is 0 Å². The molecular weight excluding hydrogens is 408 g/mol. The summed E-state index contributed by atoms with van der Waals surface area (Å²) in [6.07, 6.45) is 0.637. The number of benzene rings is 2. The van der Waals surface area contributed by atoms with Gasteiger partial charge in [0.1, 0.15) is 5.84 Å². The van der Waals surface area contributed by atoms with E-state index in [1.807, 2.05) is 30.3 Å². The van der Waals surface area contributed by atoms with E-state index < -0.39 is 17.9 Å². The maximum absolute atomic E-state index is 12.9. The molecular formula is C24H28N4O4. The third-order valence-electron chi connectivity index (χ3n) is 5.45. The lowest BCUT2D eigenvalue weighted by Gasteiger charge is -2.20. The van der Waals surface area contributed by atoms with Gasteiger partial charge in [0.15, 0.2) is 0 Å². The Hall–Kier alpha value is -3.68. The topological polar surface area (TPSA) is 126 Å². The average molecular weight is 437 g/mol. The van der Waals surface area contributed by atoms with Crippen molar-refractivity contribution in [2.45, 2.75) is 32.2 Å². The minimum atomic E-state index is -0.519. The summed E-state index contributed by atoms with van der Waals surface area (Å²) >= 11 is 0. The summed E-state index contributed by atoms with van der Waals surface area (Å²) in [5.41, 5.74) is 7.59. The number of esters is 1. The molecule has 0 saturated carbocycles. The van der Waals surface area contributed by atoms with E-state index in [0.717, 1.165) is 5.56 Å². The van der Waals surface area contributed by atoms with Crippen LogP contribution in [0.3, 0.4) is 0 Å². The maximum atomic E-state index is 12.9. The van der Waals surface area contributed by atoms with E-state index in [1.54, 1.807) is 36.1 Å². The number of carbonyl (C=O) groups excluding carboxylic acids is 3. The lowest BCUT2D eigenvalue weighted by molar-refractivity contribution is -0.144. The first-order valence-corrected chi connectivity index (χ1v) is 10.6. The first-order valence-electron chi connectivity index (χ1n) is 10.6. The van der Waals surface area contributed by atoms with Crippen LogP contribution in [0.25, 0.3) is 0 Å². The number of amidine groups is 1. The first kappa shape index (κ1) is 23.0. The molecule has 2 unspecified atom stereocenters. The number of carbonyl (C=O) groups is 3. The second-order valence-corrected chi connectivity index (χ2v) is 7.68. The van der Waals surface area contributed by atoms with Crippen molar-refractivity contribution in [1.82, 2.24) is 5.32 Å². The van der Waals surface area contributed by atoms with E-state index in [9.17, 15) is 14.4 Å². The van der Waals surface area contributed by atoms with E-state index >= 15 is 0 Å². The van der Waals surface area contributed by atoms with Gasteiger partial charge < -0.3 is 20.7 Å². The number of hydrogen-bond donors (Lipinski definition) is 3. The monoisotopic (exact) mass is 436 g/mol. The molecule has 0 aromatic heterocycles. The molecule has 2 atom stereocenters. The quantitative estimate of drug-likeness (QED) is 0.316. The number of ether oxygens (including phenoxy) is 1. The number of nitrogen functional groups attached to an aromatic ring is 1. The number of amides is 2. The Balaban J connectivity index is 1.63. The van der Waals surface area contributed by atoms with E-state index in [4.69, 9.17) is 15.9 Å². The van der Waals surface area contributed by atoms with Crippen LogP contribution in [0.5, 0.6) is 0 Å². The van der Waals surface area contributed by atoms with Crippen LogP contribution in [-0.4, -0.2) is 36.8 Å². The zero-order valence-corrected chi connectivity index (χ0v) is 18.0. The summed E-state index contributed by atoms with van der Waals surface area (Å²) < 4.78 is 5.04. The van der Waals surface area contributed by atoms with Crippen molar-refractivity contribution in [2.75, 3.05) is 18.1 Å². The summed E-state index contributed by atoms with van der Waals surface area (Å²) in [6.45, 7) is 2.52. The molecule has 0 aliphatic carbocycles. The first-order chi connectivity index (χ1) is 15.4. The third-order valence-corrected chi connectivity index (χ3v) is 5.45. The predicted molar refractivity (Wildman–Crippen MR) is 121 cm³/mol. The van der Waals surface area contributed by atoms with Gasteiger partial charge in [0, 0.05) is 30.1 Å². The summed E-state index contributed by atoms with van der Waals surface area (Å²) in [7, 11) is 0. The van der Waals surface area contributed by atoms with Crippen LogP contribution in [0, 0.1) is 11.3 Å². The van der Waals surface area contributed by atoms with Crippen molar-refractivity contribution in [3.05, 3.63) is 65.7 Å². The fourth-order valence-corrected chi connectivity index (χ4v) is 3.81. The molecule has 0 bridgehead atoms. The van der Waals surface area contributed by atoms with Crippen LogP contribution < -0.4 is 16.0 Å².